The minimum atomic E-state index is 0.659. The van der Waals surface area contributed by atoms with Gasteiger partial charge in [-0.2, -0.15) is 0 Å². The Morgan fingerprint density at radius 2 is 1.10 bits per heavy atom. The summed E-state index contributed by atoms with van der Waals surface area (Å²) >= 11 is 0. The number of benzene rings is 7. The van der Waals surface area contributed by atoms with Crippen molar-refractivity contribution < 1.29 is 8.83 Å². The molecule has 3 heterocycles. The molecule has 7 aromatic carbocycles. The molecule has 1 aliphatic heterocycles. The van der Waals surface area contributed by atoms with Crippen LogP contribution < -0.4 is 0 Å². The van der Waals surface area contributed by atoms with Gasteiger partial charge in [-0.1, -0.05) is 109 Å². The fraction of sp³-hybridized carbons (Fsp3) is 0.0667. The molecule has 0 aliphatic carbocycles. The highest BCUT2D eigenvalue weighted by molar-refractivity contribution is 6.26. The van der Waals surface area contributed by atoms with Gasteiger partial charge in [0.25, 0.3) is 0 Å². The van der Waals surface area contributed by atoms with Gasteiger partial charge in [0.1, 0.15) is 22.3 Å². The number of hydrogen-bond donors (Lipinski definition) is 0. The number of hydrogen-bond acceptors (Lipinski definition) is 4. The zero-order valence-corrected chi connectivity index (χ0v) is 26.9. The maximum absolute atomic E-state index is 6.54. The van der Waals surface area contributed by atoms with E-state index in [2.05, 4.69) is 110 Å². The van der Waals surface area contributed by atoms with E-state index >= 15 is 0 Å². The fourth-order valence-corrected chi connectivity index (χ4v) is 7.63. The predicted molar refractivity (Wildman–Crippen MR) is 204 cm³/mol. The van der Waals surface area contributed by atoms with Gasteiger partial charge in [0.15, 0.2) is 5.84 Å². The highest BCUT2D eigenvalue weighted by atomic mass is 16.3. The van der Waals surface area contributed by atoms with Crippen molar-refractivity contribution in [1.29, 1.82) is 0 Å². The molecule has 4 nitrogen and oxygen atoms in total. The first-order valence-corrected chi connectivity index (χ1v) is 16.8. The summed E-state index contributed by atoms with van der Waals surface area (Å²) in [5.41, 5.74) is 9.54. The summed E-state index contributed by atoms with van der Waals surface area (Å²) in [5, 5.41) is 9.12. The minimum Gasteiger partial charge on any atom is -0.456 e. The first-order valence-electron chi connectivity index (χ1n) is 16.8. The van der Waals surface area contributed by atoms with Crippen LogP contribution in [0.4, 0.5) is 0 Å². The molecule has 0 fully saturated rings. The van der Waals surface area contributed by atoms with Crippen molar-refractivity contribution in [2.24, 2.45) is 9.98 Å². The molecule has 0 saturated heterocycles. The second kappa shape index (κ2) is 10.9. The molecule has 0 radical (unpaired) electrons. The van der Waals surface area contributed by atoms with Crippen LogP contribution in [-0.4, -0.2) is 11.5 Å². The molecule has 1 aliphatic rings. The summed E-state index contributed by atoms with van der Waals surface area (Å²) in [7, 11) is 0. The Morgan fingerprint density at radius 1 is 0.469 bits per heavy atom. The second-order valence-electron chi connectivity index (χ2n) is 12.9. The monoisotopic (exact) mass is 630 g/mol. The van der Waals surface area contributed by atoms with Crippen molar-refractivity contribution in [3.05, 3.63) is 162 Å². The van der Waals surface area contributed by atoms with Gasteiger partial charge in [-0.15, -0.1) is 0 Å². The standard InChI is InChI=1S/C45H30N2O2/c1-27-24-25-38(37-26-28-12-2-3-13-29(28)30-14-4-5-15-31(30)37)46-45(35-19-11-23-41-42(35)34-17-7-9-22-40(34)48-41)47-43(27)36-20-10-18-33-32-16-6-8-21-39(32)49-44(33)36/h2-23,26H,24-25H2,1H3/b43-27-,46-38?,47-45?. The van der Waals surface area contributed by atoms with Crippen LogP contribution >= 0.6 is 0 Å². The summed E-state index contributed by atoms with van der Waals surface area (Å²) < 4.78 is 12.9. The Labute approximate surface area is 282 Å². The molecule has 0 bridgehead atoms. The second-order valence-corrected chi connectivity index (χ2v) is 12.9. The predicted octanol–water partition coefficient (Wildman–Crippen LogP) is 12.3. The molecular formula is C45H30N2O2. The molecule has 0 amide bonds. The van der Waals surface area contributed by atoms with Crippen LogP contribution in [0.1, 0.15) is 36.5 Å². The van der Waals surface area contributed by atoms with E-state index in [0.717, 1.165) is 84.8 Å². The molecule has 0 spiro atoms. The van der Waals surface area contributed by atoms with Gasteiger partial charge in [0.05, 0.1) is 11.4 Å². The largest absolute Gasteiger partial charge is 0.456 e. The number of nitrogens with zero attached hydrogens (tertiary/aromatic N) is 2. The maximum Gasteiger partial charge on any atom is 0.160 e. The lowest BCUT2D eigenvalue weighted by Gasteiger charge is -2.18. The molecule has 0 saturated carbocycles. The fourth-order valence-electron chi connectivity index (χ4n) is 7.63. The van der Waals surface area contributed by atoms with Crippen molar-refractivity contribution in [3.8, 4) is 0 Å². The summed E-state index contributed by atoms with van der Waals surface area (Å²) in [5.74, 6) is 0.659. The number of amidine groups is 1. The van der Waals surface area contributed by atoms with E-state index in [4.69, 9.17) is 18.8 Å². The van der Waals surface area contributed by atoms with Crippen LogP contribution in [0.5, 0.6) is 0 Å². The van der Waals surface area contributed by atoms with Crippen LogP contribution in [0.3, 0.4) is 0 Å². The maximum atomic E-state index is 6.54. The van der Waals surface area contributed by atoms with E-state index in [1.165, 1.54) is 27.1 Å². The van der Waals surface area contributed by atoms with E-state index in [0.29, 0.717) is 5.84 Å². The van der Waals surface area contributed by atoms with Gasteiger partial charge < -0.3 is 8.83 Å². The third-order valence-electron chi connectivity index (χ3n) is 9.98. The summed E-state index contributed by atoms with van der Waals surface area (Å²) in [6.07, 6.45) is 1.57. The van der Waals surface area contributed by atoms with Crippen LogP contribution in [0.2, 0.25) is 0 Å². The van der Waals surface area contributed by atoms with E-state index in [-0.39, 0.29) is 0 Å². The summed E-state index contributed by atoms with van der Waals surface area (Å²) in [4.78, 5) is 11.1. The highest BCUT2D eigenvalue weighted by Gasteiger charge is 2.23. The molecule has 49 heavy (non-hydrogen) atoms. The molecule has 10 rings (SSSR count). The average molecular weight is 631 g/mol. The first kappa shape index (κ1) is 27.8. The number of aliphatic imine (C=N–C) groups is 2. The van der Waals surface area contributed by atoms with Crippen molar-refractivity contribution in [2.75, 3.05) is 0 Å². The molecule has 4 heteroatoms. The van der Waals surface area contributed by atoms with Crippen molar-refractivity contribution in [3.63, 3.8) is 0 Å². The molecule has 9 aromatic rings. The number of para-hydroxylation sites is 3. The summed E-state index contributed by atoms with van der Waals surface area (Å²) in [6, 6.07) is 48.6. The van der Waals surface area contributed by atoms with Gasteiger partial charge in [-0.05, 0) is 77.2 Å². The summed E-state index contributed by atoms with van der Waals surface area (Å²) in [6.45, 7) is 2.20. The van der Waals surface area contributed by atoms with E-state index in [1.807, 2.05) is 36.4 Å². The molecule has 2 aromatic heterocycles. The molecule has 0 unspecified atom stereocenters. The highest BCUT2D eigenvalue weighted by Crippen LogP contribution is 2.39. The Hall–Kier alpha value is -6.26. The number of fused-ring (bicyclic) bond motifs is 9. The topological polar surface area (TPSA) is 51.0 Å². The van der Waals surface area contributed by atoms with E-state index < -0.39 is 0 Å². The van der Waals surface area contributed by atoms with Crippen molar-refractivity contribution in [1.82, 2.24) is 0 Å². The van der Waals surface area contributed by atoms with E-state index in [9.17, 15) is 0 Å². The Morgan fingerprint density at radius 3 is 1.96 bits per heavy atom. The lowest BCUT2D eigenvalue weighted by Crippen LogP contribution is -2.11. The molecule has 232 valence electrons. The van der Waals surface area contributed by atoms with Gasteiger partial charge >= 0.3 is 0 Å². The zero-order chi connectivity index (χ0) is 32.5. The third kappa shape index (κ3) is 4.38. The Bertz CT molecular complexity index is 2900. The minimum absolute atomic E-state index is 0.659. The van der Waals surface area contributed by atoms with Crippen LogP contribution in [0.15, 0.2) is 164 Å². The smallest absolute Gasteiger partial charge is 0.160 e. The third-order valence-corrected chi connectivity index (χ3v) is 9.98. The molecule has 0 N–H and O–H groups in total. The molecule has 0 atom stereocenters. The van der Waals surface area contributed by atoms with Crippen molar-refractivity contribution in [2.45, 2.75) is 19.8 Å². The Balaban J connectivity index is 1.28. The lowest BCUT2D eigenvalue weighted by atomic mass is 9.91. The lowest BCUT2D eigenvalue weighted by molar-refractivity contribution is 0.667. The number of rotatable bonds is 3. The van der Waals surface area contributed by atoms with Crippen molar-refractivity contribution >= 4 is 82.7 Å². The van der Waals surface area contributed by atoms with Gasteiger partial charge in [-0.25, -0.2) is 9.98 Å². The van der Waals surface area contributed by atoms with Gasteiger partial charge in [0, 0.05) is 38.2 Å². The first-order chi connectivity index (χ1) is 24.2. The number of allylic oxidation sites excluding steroid dienone is 1. The van der Waals surface area contributed by atoms with Crippen LogP contribution in [-0.2, 0) is 0 Å². The van der Waals surface area contributed by atoms with E-state index in [1.54, 1.807) is 0 Å². The average Bonchev–Trinajstić information content (AvgIpc) is 3.72. The van der Waals surface area contributed by atoms with Crippen LogP contribution in [0.25, 0.3) is 71.1 Å². The number of furan rings is 2. The zero-order valence-electron chi connectivity index (χ0n) is 26.9. The quantitative estimate of drug-likeness (QED) is 0.182. The SMILES string of the molecule is C/C1=C(\c2cccc3c2oc2ccccc23)N=C(c2cccc3oc4ccccc4c23)N=C(c2cc3ccccc3c3ccccc23)CC1. The molecular weight excluding hydrogens is 601 g/mol. The van der Waals surface area contributed by atoms with Gasteiger partial charge in [-0.3, -0.25) is 0 Å². The van der Waals surface area contributed by atoms with Crippen LogP contribution in [0, 0.1) is 0 Å². The Kier molecular flexibility index (Phi) is 6.18. The normalized spacial score (nSPS) is 15.7. The van der Waals surface area contributed by atoms with Gasteiger partial charge in [0.2, 0.25) is 0 Å².